The van der Waals surface area contributed by atoms with Crippen LogP contribution in [0.15, 0.2) is 12.1 Å². The molecule has 1 N–H and O–H groups in total. The minimum absolute atomic E-state index is 0.125. The maximum absolute atomic E-state index is 13.5. The van der Waals surface area contributed by atoms with Gasteiger partial charge >= 0.3 is 0 Å². The van der Waals surface area contributed by atoms with Crippen molar-refractivity contribution in [3.05, 3.63) is 34.9 Å². The molecule has 1 nitrogen and oxygen atoms in total. The Bertz CT molecular complexity index is 332. The van der Waals surface area contributed by atoms with Crippen molar-refractivity contribution >= 4 is 0 Å². The van der Waals surface area contributed by atoms with E-state index in [1.54, 1.807) is 6.92 Å². The molecule has 0 radical (unpaired) electrons. The van der Waals surface area contributed by atoms with Gasteiger partial charge in [-0.2, -0.15) is 0 Å². The standard InChI is InChI=1S/C10H11F2N/c1-6-2-3-7(11)9(10(6)12)8-4-5-13-8/h2-3,8,13H,4-5H2,1H3. The monoisotopic (exact) mass is 183 g/mol. The molecule has 1 atom stereocenters. The molecule has 1 aliphatic heterocycles. The van der Waals surface area contributed by atoms with E-state index in [4.69, 9.17) is 0 Å². The van der Waals surface area contributed by atoms with Crippen molar-refractivity contribution in [3.63, 3.8) is 0 Å². The molecule has 1 aromatic carbocycles. The highest BCUT2D eigenvalue weighted by molar-refractivity contribution is 5.30. The molecule has 70 valence electrons. The molecular weight excluding hydrogens is 172 g/mol. The molecule has 1 aliphatic rings. The minimum Gasteiger partial charge on any atom is -0.310 e. The van der Waals surface area contributed by atoms with Gasteiger partial charge in [0.15, 0.2) is 0 Å². The summed E-state index contributed by atoms with van der Waals surface area (Å²) in [7, 11) is 0. The van der Waals surface area contributed by atoms with Crippen molar-refractivity contribution in [2.24, 2.45) is 0 Å². The Morgan fingerprint density at radius 1 is 1.38 bits per heavy atom. The summed E-state index contributed by atoms with van der Waals surface area (Å²) >= 11 is 0. The van der Waals surface area contributed by atoms with E-state index in [-0.39, 0.29) is 11.6 Å². The minimum atomic E-state index is -0.444. The summed E-state index contributed by atoms with van der Waals surface area (Å²) < 4.78 is 26.7. The second-order valence-electron chi connectivity index (χ2n) is 3.39. The molecule has 0 amide bonds. The zero-order valence-electron chi connectivity index (χ0n) is 7.40. The number of halogens is 2. The first-order chi connectivity index (χ1) is 6.20. The molecule has 0 aliphatic carbocycles. The van der Waals surface area contributed by atoms with Crippen LogP contribution in [0.25, 0.3) is 0 Å². The van der Waals surface area contributed by atoms with Crippen LogP contribution in [0.1, 0.15) is 23.6 Å². The van der Waals surface area contributed by atoms with E-state index in [0.29, 0.717) is 5.56 Å². The Kier molecular flexibility index (Phi) is 2.04. The predicted molar refractivity (Wildman–Crippen MR) is 46.5 cm³/mol. The third-order valence-electron chi connectivity index (χ3n) is 2.49. The van der Waals surface area contributed by atoms with Gasteiger partial charge in [-0.05, 0) is 31.5 Å². The first kappa shape index (κ1) is 8.63. The molecule has 3 heteroatoms. The molecule has 1 aromatic rings. The van der Waals surface area contributed by atoms with Crippen molar-refractivity contribution in [2.45, 2.75) is 19.4 Å². The first-order valence-corrected chi connectivity index (χ1v) is 4.38. The van der Waals surface area contributed by atoms with Crippen LogP contribution in [0.3, 0.4) is 0 Å². The SMILES string of the molecule is Cc1ccc(F)c(C2CCN2)c1F. The molecule has 1 heterocycles. The molecule has 1 fully saturated rings. The molecule has 0 aromatic heterocycles. The van der Waals surface area contributed by atoms with Crippen molar-refractivity contribution in [1.82, 2.24) is 5.32 Å². The zero-order valence-corrected chi connectivity index (χ0v) is 7.40. The third kappa shape index (κ3) is 1.33. The topological polar surface area (TPSA) is 12.0 Å². The lowest BCUT2D eigenvalue weighted by molar-refractivity contribution is 0.355. The zero-order chi connectivity index (χ0) is 9.42. The molecule has 13 heavy (non-hydrogen) atoms. The Labute approximate surface area is 75.8 Å². The predicted octanol–water partition coefficient (Wildman–Crippen LogP) is 2.31. The Hall–Kier alpha value is -0.960. The van der Waals surface area contributed by atoms with E-state index in [0.717, 1.165) is 13.0 Å². The molecule has 1 unspecified atom stereocenters. The molecular formula is C10H11F2N. The molecule has 0 bridgehead atoms. The second kappa shape index (κ2) is 3.07. The highest BCUT2D eigenvalue weighted by atomic mass is 19.1. The van der Waals surface area contributed by atoms with Crippen LogP contribution in [0.4, 0.5) is 8.78 Å². The van der Waals surface area contributed by atoms with E-state index in [2.05, 4.69) is 5.32 Å². The van der Waals surface area contributed by atoms with Gasteiger partial charge in [0.25, 0.3) is 0 Å². The number of nitrogens with one attached hydrogen (secondary N) is 1. The number of hydrogen-bond donors (Lipinski definition) is 1. The maximum atomic E-state index is 13.5. The largest absolute Gasteiger partial charge is 0.310 e. The number of hydrogen-bond acceptors (Lipinski definition) is 1. The van der Waals surface area contributed by atoms with Crippen molar-refractivity contribution in [2.75, 3.05) is 6.54 Å². The van der Waals surface area contributed by atoms with Gasteiger partial charge in [-0.3, -0.25) is 0 Å². The van der Waals surface area contributed by atoms with Crippen LogP contribution in [-0.2, 0) is 0 Å². The van der Waals surface area contributed by atoms with E-state index in [9.17, 15) is 8.78 Å². The number of aryl methyl sites for hydroxylation is 1. The fraction of sp³-hybridized carbons (Fsp3) is 0.400. The first-order valence-electron chi connectivity index (χ1n) is 4.38. The summed E-state index contributed by atoms with van der Waals surface area (Å²) in [4.78, 5) is 0. The average Bonchev–Trinajstić information content (AvgIpc) is 2.02. The molecule has 0 spiro atoms. The second-order valence-corrected chi connectivity index (χ2v) is 3.39. The van der Waals surface area contributed by atoms with Crippen molar-refractivity contribution < 1.29 is 8.78 Å². The van der Waals surface area contributed by atoms with E-state index >= 15 is 0 Å². The summed E-state index contributed by atoms with van der Waals surface area (Å²) in [5, 5.41) is 2.99. The smallest absolute Gasteiger partial charge is 0.133 e. The van der Waals surface area contributed by atoms with Crippen molar-refractivity contribution in [3.8, 4) is 0 Å². The normalized spacial score (nSPS) is 21.3. The Balaban J connectivity index is 2.46. The molecule has 0 saturated carbocycles. The van der Waals surface area contributed by atoms with Gasteiger partial charge < -0.3 is 5.32 Å². The van der Waals surface area contributed by atoms with Gasteiger partial charge in [0, 0.05) is 11.6 Å². The summed E-state index contributed by atoms with van der Waals surface area (Å²) in [5.41, 5.74) is 0.705. The Morgan fingerprint density at radius 3 is 2.62 bits per heavy atom. The van der Waals surface area contributed by atoms with Crippen LogP contribution in [0.2, 0.25) is 0 Å². The lowest BCUT2D eigenvalue weighted by Gasteiger charge is -2.28. The van der Waals surface area contributed by atoms with Gasteiger partial charge in [0.1, 0.15) is 11.6 Å². The van der Waals surface area contributed by atoms with Crippen LogP contribution < -0.4 is 5.32 Å². The maximum Gasteiger partial charge on any atom is 0.133 e. The highest BCUT2D eigenvalue weighted by Crippen LogP contribution is 2.28. The summed E-state index contributed by atoms with van der Waals surface area (Å²) in [6, 6.07) is 2.67. The van der Waals surface area contributed by atoms with Gasteiger partial charge in [0.05, 0.1) is 0 Å². The van der Waals surface area contributed by atoms with Crippen LogP contribution in [0.5, 0.6) is 0 Å². The lowest BCUT2D eigenvalue weighted by atomic mass is 9.95. The molecule has 2 rings (SSSR count). The lowest BCUT2D eigenvalue weighted by Crippen LogP contribution is -2.36. The van der Waals surface area contributed by atoms with Crippen LogP contribution >= 0.6 is 0 Å². The fourth-order valence-electron chi connectivity index (χ4n) is 1.53. The summed E-state index contributed by atoms with van der Waals surface area (Å²) in [5.74, 6) is -0.850. The number of rotatable bonds is 1. The van der Waals surface area contributed by atoms with Crippen molar-refractivity contribution in [1.29, 1.82) is 0 Å². The molecule has 1 saturated heterocycles. The van der Waals surface area contributed by atoms with Crippen LogP contribution in [0, 0.1) is 18.6 Å². The van der Waals surface area contributed by atoms with Gasteiger partial charge in [-0.1, -0.05) is 6.07 Å². The summed E-state index contributed by atoms with van der Waals surface area (Å²) in [6.07, 6.45) is 0.817. The third-order valence-corrected chi connectivity index (χ3v) is 2.49. The van der Waals surface area contributed by atoms with E-state index in [1.165, 1.54) is 12.1 Å². The highest BCUT2D eigenvalue weighted by Gasteiger charge is 2.25. The van der Waals surface area contributed by atoms with E-state index < -0.39 is 11.6 Å². The van der Waals surface area contributed by atoms with Gasteiger partial charge in [-0.25, -0.2) is 8.78 Å². The average molecular weight is 183 g/mol. The van der Waals surface area contributed by atoms with Gasteiger partial charge in [-0.15, -0.1) is 0 Å². The van der Waals surface area contributed by atoms with Crippen LogP contribution in [-0.4, -0.2) is 6.54 Å². The fourth-order valence-corrected chi connectivity index (χ4v) is 1.53. The quantitative estimate of drug-likeness (QED) is 0.704. The number of benzene rings is 1. The van der Waals surface area contributed by atoms with E-state index in [1.807, 2.05) is 0 Å². The van der Waals surface area contributed by atoms with Gasteiger partial charge in [0.2, 0.25) is 0 Å². The Morgan fingerprint density at radius 2 is 2.08 bits per heavy atom. The summed E-state index contributed by atoms with van der Waals surface area (Å²) in [6.45, 7) is 2.49.